The Morgan fingerprint density at radius 1 is 1.21 bits per heavy atom. The van der Waals surface area contributed by atoms with Crippen molar-refractivity contribution in [3.05, 3.63) is 86.0 Å². The number of hydrogen-bond acceptors (Lipinski definition) is 9. The molecule has 2 aromatic carbocycles. The molecule has 5 rings (SSSR count). The minimum absolute atomic E-state index is 0.0220. The number of benzene rings is 2. The van der Waals surface area contributed by atoms with Gasteiger partial charge in [0.25, 0.3) is 5.78 Å². The Bertz CT molecular complexity index is 1500. The summed E-state index contributed by atoms with van der Waals surface area (Å²) in [4.78, 5) is 45.2. The summed E-state index contributed by atoms with van der Waals surface area (Å²) in [5, 5.41) is 11.5. The lowest BCUT2D eigenvalue weighted by Crippen LogP contribution is -2.29. The summed E-state index contributed by atoms with van der Waals surface area (Å²) >= 11 is 3.10. The highest BCUT2D eigenvalue weighted by atomic mass is 127. The maximum Gasteiger partial charge on any atom is 0.350 e. The number of amides is 1. The average Bonchev–Trinajstić information content (AvgIpc) is 3.43. The van der Waals surface area contributed by atoms with Gasteiger partial charge in [0.2, 0.25) is 0 Å². The number of hydrogen-bond donors (Lipinski definition) is 1. The van der Waals surface area contributed by atoms with Gasteiger partial charge in [-0.2, -0.15) is 0 Å². The van der Waals surface area contributed by atoms with Gasteiger partial charge in [-0.1, -0.05) is 36.1 Å². The normalized spacial score (nSPS) is 17.9. The van der Waals surface area contributed by atoms with Gasteiger partial charge in [0.05, 0.1) is 17.3 Å². The van der Waals surface area contributed by atoms with Crippen LogP contribution in [0.25, 0.3) is 5.76 Å². The number of fused-ring (bicyclic) bond motifs is 1. The summed E-state index contributed by atoms with van der Waals surface area (Å²) in [6, 6.07) is 11.1. The number of rotatable bonds is 6. The molecule has 9 nitrogen and oxygen atoms in total. The molecule has 11 heteroatoms. The second kappa shape index (κ2) is 10.6. The van der Waals surface area contributed by atoms with Gasteiger partial charge in [-0.25, -0.2) is 9.78 Å². The zero-order chi connectivity index (χ0) is 27.0. The van der Waals surface area contributed by atoms with Crippen molar-refractivity contribution in [1.82, 2.24) is 4.98 Å². The van der Waals surface area contributed by atoms with Crippen molar-refractivity contribution in [3.63, 3.8) is 0 Å². The molecule has 0 saturated carbocycles. The third-order valence-corrected chi connectivity index (χ3v) is 7.81. The number of aryl methyl sites for hydroxylation is 1. The Balaban J connectivity index is 1.64. The number of carbonyl (C=O) groups excluding carboxylic acids is 3. The molecule has 2 aliphatic heterocycles. The number of esters is 1. The number of aromatic nitrogens is 1. The van der Waals surface area contributed by atoms with Crippen molar-refractivity contribution in [3.8, 4) is 11.5 Å². The number of nitrogens with zero attached hydrogens (tertiary/aromatic N) is 2. The number of thiazole rings is 1. The number of Topliss-reactive ketones (excluding diaryl/α,β-unsaturated/α-hetero) is 1. The first kappa shape index (κ1) is 25.9. The highest BCUT2D eigenvalue weighted by Gasteiger charge is 2.48. The number of carbonyl (C=O) groups is 3. The van der Waals surface area contributed by atoms with E-state index in [9.17, 15) is 19.5 Å². The van der Waals surface area contributed by atoms with Crippen molar-refractivity contribution in [2.24, 2.45) is 0 Å². The fourth-order valence-corrected chi connectivity index (χ4v) is 5.56. The molecule has 1 fully saturated rings. The van der Waals surface area contributed by atoms with Gasteiger partial charge in [-0.15, -0.1) is 0 Å². The van der Waals surface area contributed by atoms with Gasteiger partial charge in [0.1, 0.15) is 30.5 Å². The summed E-state index contributed by atoms with van der Waals surface area (Å²) in [5.74, 6) is -1.75. The van der Waals surface area contributed by atoms with E-state index in [1.54, 1.807) is 37.3 Å². The summed E-state index contributed by atoms with van der Waals surface area (Å²) in [7, 11) is 0. The van der Waals surface area contributed by atoms with Crippen LogP contribution in [0.2, 0.25) is 0 Å². The second-order valence-electron chi connectivity index (χ2n) is 8.38. The van der Waals surface area contributed by atoms with Gasteiger partial charge in [-0.05, 0) is 65.4 Å². The Hall–Kier alpha value is -3.71. The third kappa shape index (κ3) is 4.67. The maximum atomic E-state index is 13.4. The monoisotopic (exact) mass is 644 g/mol. The molecule has 2 aliphatic rings. The quantitative estimate of drug-likeness (QED) is 0.102. The molecule has 1 N–H and O–H groups in total. The lowest BCUT2D eigenvalue weighted by molar-refractivity contribution is -0.132. The van der Waals surface area contributed by atoms with Gasteiger partial charge >= 0.3 is 11.9 Å². The highest BCUT2D eigenvalue weighted by Crippen LogP contribution is 2.44. The molecule has 1 unspecified atom stereocenters. The van der Waals surface area contributed by atoms with E-state index in [2.05, 4.69) is 34.2 Å². The lowest BCUT2D eigenvalue weighted by atomic mass is 9.95. The Morgan fingerprint density at radius 3 is 2.63 bits per heavy atom. The summed E-state index contributed by atoms with van der Waals surface area (Å²) in [6.45, 7) is 5.94. The molecule has 1 aromatic heterocycles. The first-order valence-electron chi connectivity index (χ1n) is 11.5. The Labute approximate surface area is 235 Å². The van der Waals surface area contributed by atoms with E-state index in [0.29, 0.717) is 41.5 Å². The largest absolute Gasteiger partial charge is 0.507 e. The van der Waals surface area contributed by atoms with Crippen molar-refractivity contribution in [1.29, 1.82) is 0 Å². The van der Waals surface area contributed by atoms with Crippen LogP contribution in [-0.4, -0.2) is 47.6 Å². The van der Waals surface area contributed by atoms with Crippen LogP contribution >= 0.6 is 33.9 Å². The minimum Gasteiger partial charge on any atom is -0.507 e. The van der Waals surface area contributed by atoms with E-state index in [4.69, 9.17) is 14.2 Å². The van der Waals surface area contributed by atoms with Gasteiger partial charge < -0.3 is 19.3 Å². The van der Waals surface area contributed by atoms with E-state index < -0.39 is 23.7 Å². The fourth-order valence-electron chi connectivity index (χ4n) is 4.21. The number of aliphatic hydroxyl groups is 1. The van der Waals surface area contributed by atoms with Crippen LogP contribution < -0.4 is 14.4 Å². The van der Waals surface area contributed by atoms with Crippen LogP contribution in [0.1, 0.15) is 32.5 Å². The van der Waals surface area contributed by atoms with Crippen LogP contribution in [-0.2, 0) is 14.3 Å². The number of aliphatic hydroxyl groups excluding tert-OH is 1. The lowest BCUT2D eigenvalue weighted by Gasteiger charge is -2.23. The predicted octanol–water partition coefficient (Wildman–Crippen LogP) is 4.80. The smallest absolute Gasteiger partial charge is 0.350 e. The number of anilines is 1. The van der Waals surface area contributed by atoms with Crippen molar-refractivity contribution < 1.29 is 33.7 Å². The topological polar surface area (TPSA) is 115 Å². The van der Waals surface area contributed by atoms with Gasteiger partial charge in [0.15, 0.2) is 16.6 Å². The second-order valence-corrected chi connectivity index (χ2v) is 10.6. The van der Waals surface area contributed by atoms with Crippen molar-refractivity contribution in [2.45, 2.75) is 13.0 Å². The molecule has 0 radical (unpaired) electrons. The fraction of sp³-hybridized carbons (Fsp3) is 0.185. The summed E-state index contributed by atoms with van der Waals surface area (Å²) in [6.07, 6.45) is 1.45. The van der Waals surface area contributed by atoms with E-state index in [1.165, 1.54) is 11.0 Å². The van der Waals surface area contributed by atoms with E-state index in [0.717, 1.165) is 14.9 Å². The van der Waals surface area contributed by atoms with Gasteiger partial charge in [0, 0.05) is 9.13 Å². The molecular weight excluding hydrogens is 623 g/mol. The third-order valence-electron chi connectivity index (χ3n) is 5.95. The van der Waals surface area contributed by atoms with Crippen molar-refractivity contribution in [2.75, 3.05) is 24.7 Å². The Morgan fingerprint density at radius 2 is 1.92 bits per heavy atom. The molecule has 194 valence electrons. The zero-order valence-corrected chi connectivity index (χ0v) is 23.1. The molecule has 3 heterocycles. The molecule has 3 aromatic rings. The van der Waals surface area contributed by atoms with Gasteiger partial charge in [-0.3, -0.25) is 14.5 Å². The standard InChI is InChI=1S/C27H21IN2O7S/c1-3-10-37-26(34)24-14(2)29-27(38-24)30-21(15-4-7-17(28)8-5-15)20(23(32)25(30)33)22(31)16-6-9-18-19(13-16)36-12-11-35-18/h3-9,13,21,31H,1,10-12H2,2H3/b22-20+. The maximum absolute atomic E-state index is 13.4. The van der Waals surface area contributed by atoms with E-state index >= 15 is 0 Å². The Kier molecular flexibility index (Phi) is 7.21. The molecule has 1 amide bonds. The minimum atomic E-state index is -0.984. The van der Waals surface area contributed by atoms with Crippen LogP contribution in [0, 0.1) is 10.5 Å². The molecule has 0 spiro atoms. The highest BCUT2D eigenvalue weighted by molar-refractivity contribution is 14.1. The first-order valence-corrected chi connectivity index (χ1v) is 13.4. The predicted molar refractivity (Wildman–Crippen MR) is 149 cm³/mol. The molecule has 0 bridgehead atoms. The number of ketones is 1. The van der Waals surface area contributed by atoms with Crippen LogP contribution in [0.3, 0.4) is 0 Å². The van der Waals surface area contributed by atoms with Crippen LogP contribution in [0.5, 0.6) is 11.5 Å². The first-order chi connectivity index (χ1) is 18.3. The zero-order valence-electron chi connectivity index (χ0n) is 20.1. The SMILES string of the molecule is C=CCOC(=O)c1sc(N2C(=O)C(=O)/C(=C(/O)c3ccc4c(c3)OCCO4)C2c2ccc(I)cc2)nc1C. The molecule has 1 saturated heterocycles. The number of ether oxygens (including phenoxy) is 3. The van der Waals surface area contributed by atoms with E-state index in [-0.39, 0.29) is 27.9 Å². The van der Waals surface area contributed by atoms with Crippen LogP contribution in [0.4, 0.5) is 5.13 Å². The van der Waals surface area contributed by atoms with Crippen LogP contribution in [0.15, 0.2) is 60.7 Å². The molecular formula is C27H21IN2O7S. The van der Waals surface area contributed by atoms with E-state index in [1.807, 2.05) is 12.1 Å². The molecule has 38 heavy (non-hydrogen) atoms. The molecule has 1 atom stereocenters. The number of halogens is 1. The summed E-state index contributed by atoms with van der Waals surface area (Å²) in [5.41, 5.74) is 1.14. The molecule has 0 aliphatic carbocycles. The van der Waals surface area contributed by atoms with Crippen molar-refractivity contribution >= 4 is 62.5 Å². The summed E-state index contributed by atoms with van der Waals surface area (Å²) < 4.78 is 17.3. The average molecular weight is 644 g/mol.